The van der Waals surface area contributed by atoms with Crippen LogP contribution in [-0.4, -0.2) is 29.9 Å². The maximum atomic E-state index is 15.0. The van der Waals surface area contributed by atoms with Crippen LogP contribution in [0.2, 0.25) is 0 Å². The van der Waals surface area contributed by atoms with Crippen molar-refractivity contribution in [3.63, 3.8) is 0 Å². The largest absolute Gasteiger partial charge is 0.322 e. The van der Waals surface area contributed by atoms with Crippen molar-refractivity contribution < 1.29 is 17.2 Å². The number of halogens is 2. The van der Waals surface area contributed by atoms with Gasteiger partial charge in [-0.2, -0.15) is 10.4 Å². The average molecular weight is 542 g/mol. The minimum atomic E-state index is -3.99. The van der Waals surface area contributed by atoms with E-state index in [1.165, 1.54) is 23.9 Å². The molecule has 1 saturated carbocycles. The van der Waals surface area contributed by atoms with Crippen LogP contribution in [-0.2, 0) is 22.4 Å². The van der Waals surface area contributed by atoms with Crippen molar-refractivity contribution in [2.45, 2.75) is 35.1 Å². The van der Waals surface area contributed by atoms with E-state index in [4.69, 9.17) is 0 Å². The molecule has 3 N–H and O–H groups in total. The van der Waals surface area contributed by atoms with Gasteiger partial charge in [-0.05, 0) is 60.9 Å². The number of aromatic nitrogens is 3. The number of pyridine rings is 1. The summed E-state index contributed by atoms with van der Waals surface area (Å²) < 4.78 is 57.9. The number of hydrogen-bond donors (Lipinski definition) is 3. The number of fused-ring (bicyclic) bond motifs is 1. The summed E-state index contributed by atoms with van der Waals surface area (Å²) >= 11 is 1.21. The summed E-state index contributed by atoms with van der Waals surface area (Å²) in [6.07, 6.45) is 2.96. The first-order valence-electron chi connectivity index (χ1n) is 11.3. The molecule has 5 rings (SSSR count). The van der Waals surface area contributed by atoms with E-state index in [0.29, 0.717) is 35.2 Å². The number of anilines is 1. The summed E-state index contributed by atoms with van der Waals surface area (Å²) in [6.45, 7) is 0. The Bertz CT molecular complexity index is 1700. The fraction of sp³-hybridized carbons (Fsp3) is 0.240. The molecule has 8 nitrogen and oxygen atoms in total. The van der Waals surface area contributed by atoms with Gasteiger partial charge in [-0.15, -0.1) is 11.8 Å². The highest BCUT2D eigenvalue weighted by Crippen LogP contribution is 2.50. The van der Waals surface area contributed by atoms with Crippen molar-refractivity contribution in [2.24, 2.45) is 5.92 Å². The van der Waals surface area contributed by atoms with E-state index in [-0.39, 0.29) is 21.8 Å². The van der Waals surface area contributed by atoms with Crippen LogP contribution < -0.4 is 10.3 Å². The van der Waals surface area contributed by atoms with Crippen LogP contribution in [0.5, 0.6) is 0 Å². The Balaban J connectivity index is 1.40. The SMILES string of the molecule is CSc1n[nH]c(NS(=O)(=O)c2ccc(Cc3ccc4[nH]c(=O)cc(C(F)(F)C5CC5)c4c3)cc2)c1C#N. The summed E-state index contributed by atoms with van der Waals surface area (Å²) in [5.74, 6) is -3.84. The number of thioether (sulfide) groups is 1. The molecule has 37 heavy (non-hydrogen) atoms. The van der Waals surface area contributed by atoms with Gasteiger partial charge in [0.1, 0.15) is 16.7 Å². The van der Waals surface area contributed by atoms with Crippen molar-refractivity contribution in [2.75, 3.05) is 11.0 Å². The summed E-state index contributed by atoms with van der Waals surface area (Å²) in [7, 11) is -3.99. The first kappa shape index (κ1) is 25.0. The van der Waals surface area contributed by atoms with E-state index in [9.17, 15) is 27.3 Å². The molecule has 0 amide bonds. The van der Waals surface area contributed by atoms with Crippen molar-refractivity contribution in [3.05, 3.63) is 81.1 Å². The molecule has 2 aromatic carbocycles. The first-order valence-corrected chi connectivity index (χ1v) is 14.0. The van der Waals surface area contributed by atoms with E-state index >= 15 is 0 Å². The predicted molar refractivity (Wildman–Crippen MR) is 136 cm³/mol. The standard InChI is InChI=1S/C25H21F2N5O3S2/c1-36-24-19(13-28)23(30-31-24)32-37(34,35)17-7-2-14(3-8-17)10-15-4-9-21-18(11-15)20(12-22(33)29-21)25(26,27)16-5-6-16/h2-4,7-9,11-12,16H,5-6,10H2,1H3,(H,29,33)(H2,30,31,32). The summed E-state index contributed by atoms with van der Waals surface area (Å²) in [6, 6.07) is 14.1. The molecule has 0 radical (unpaired) electrons. The number of hydrogen-bond acceptors (Lipinski definition) is 6. The quantitative estimate of drug-likeness (QED) is 0.276. The molecule has 0 bridgehead atoms. The van der Waals surface area contributed by atoms with Gasteiger partial charge < -0.3 is 4.98 Å². The molecule has 0 saturated heterocycles. The molecule has 190 valence electrons. The molecule has 0 atom stereocenters. The lowest BCUT2D eigenvalue weighted by atomic mass is 9.96. The molecule has 0 unspecified atom stereocenters. The third-order valence-electron chi connectivity index (χ3n) is 6.27. The number of aromatic amines is 2. The van der Waals surface area contributed by atoms with Gasteiger partial charge in [0.15, 0.2) is 5.82 Å². The van der Waals surface area contributed by atoms with Crippen molar-refractivity contribution in [1.82, 2.24) is 15.2 Å². The van der Waals surface area contributed by atoms with Crippen LogP contribution >= 0.6 is 11.8 Å². The van der Waals surface area contributed by atoms with Crippen molar-refractivity contribution >= 4 is 38.5 Å². The van der Waals surface area contributed by atoms with Gasteiger partial charge in [0.2, 0.25) is 5.56 Å². The molecule has 0 spiro atoms. The van der Waals surface area contributed by atoms with Crippen LogP contribution in [0.1, 0.15) is 35.1 Å². The Morgan fingerprint density at radius 3 is 2.51 bits per heavy atom. The lowest BCUT2D eigenvalue weighted by Gasteiger charge is -2.18. The first-order chi connectivity index (χ1) is 17.6. The van der Waals surface area contributed by atoms with Crippen molar-refractivity contribution in [1.29, 1.82) is 5.26 Å². The molecule has 1 fully saturated rings. The number of nitrogens with zero attached hydrogens (tertiary/aromatic N) is 2. The lowest BCUT2D eigenvalue weighted by molar-refractivity contribution is -0.0271. The zero-order valence-electron chi connectivity index (χ0n) is 19.5. The monoisotopic (exact) mass is 541 g/mol. The zero-order chi connectivity index (χ0) is 26.4. The summed E-state index contributed by atoms with van der Waals surface area (Å²) in [4.78, 5) is 14.6. The molecule has 1 aliphatic rings. The highest BCUT2D eigenvalue weighted by atomic mass is 32.2. The Kier molecular flexibility index (Phi) is 6.29. The van der Waals surface area contributed by atoms with E-state index in [2.05, 4.69) is 19.9 Å². The number of rotatable bonds is 8. The van der Waals surface area contributed by atoms with E-state index in [0.717, 1.165) is 17.2 Å². The Hall–Kier alpha value is -3.69. The van der Waals surface area contributed by atoms with Crippen LogP contribution in [0.4, 0.5) is 14.6 Å². The topological polar surface area (TPSA) is 131 Å². The van der Waals surface area contributed by atoms with Crippen molar-refractivity contribution in [3.8, 4) is 6.07 Å². The summed E-state index contributed by atoms with van der Waals surface area (Å²) in [5.41, 5.74) is 1.13. The fourth-order valence-electron chi connectivity index (χ4n) is 4.22. The van der Waals surface area contributed by atoms with Crippen LogP contribution in [0, 0.1) is 17.2 Å². The second-order valence-corrected chi connectivity index (χ2v) is 11.3. The van der Waals surface area contributed by atoms with E-state index in [1.807, 2.05) is 6.07 Å². The maximum Gasteiger partial charge on any atom is 0.276 e. The van der Waals surface area contributed by atoms with Gasteiger partial charge >= 0.3 is 0 Å². The van der Waals surface area contributed by atoms with Crippen LogP contribution in [0.25, 0.3) is 10.9 Å². The Morgan fingerprint density at radius 1 is 1.16 bits per heavy atom. The lowest BCUT2D eigenvalue weighted by Crippen LogP contribution is -2.20. The van der Waals surface area contributed by atoms with Gasteiger partial charge in [0.25, 0.3) is 15.9 Å². The highest BCUT2D eigenvalue weighted by molar-refractivity contribution is 7.98. The second-order valence-electron chi connectivity index (χ2n) is 8.85. The molecule has 4 aromatic rings. The smallest absolute Gasteiger partial charge is 0.276 e. The number of alkyl halides is 2. The fourth-order valence-corrected chi connectivity index (χ4v) is 5.74. The predicted octanol–water partition coefficient (Wildman–Crippen LogP) is 4.74. The third kappa shape index (κ3) is 4.84. The molecular formula is C25H21F2N5O3S2. The van der Waals surface area contributed by atoms with Gasteiger partial charge in [-0.3, -0.25) is 14.6 Å². The van der Waals surface area contributed by atoms with Gasteiger partial charge in [0, 0.05) is 28.5 Å². The van der Waals surface area contributed by atoms with Gasteiger partial charge in [0.05, 0.1) is 4.90 Å². The Morgan fingerprint density at radius 2 is 1.86 bits per heavy atom. The molecule has 12 heteroatoms. The minimum Gasteiger partial charge on any atom is -0.322 e. The van der Waals surface area contributed by atoms with E-state index in [1.54, 1.807) is 36.6 Å². The average Bonchev–Trinajstić information content (AvgIpc) is 3.66. The Labute approximate surface area is 215 Å². The summed E-state index contributed by atoms with van der Waals surface area (Å²) in [5, 5.41) is 16.5. The number of nitriles is 1. The number of sulfonamides is 1. The normalized spacial score (nSPS) is 14.0. The van der Waals surface area contributed by atoms with Crippen LogP contribution in [0.3, 0.4) is 0 Å². The third-order valence-corrected chi connectivity index (χ3v) is 8.32. The van der Waals surface area contributed by atoms with Gasteiger partial charge in [-0.25, -0.2) is 17.2 Å². The second kappa shape index (κ2) is 9.32. The van der Waals surface area contributed by atoms with Crippen LogP contribution in [0.15, 0.2) is 63.2 Å². The molecule has 0 aliphatic heterocycles. The number of H-pyrrole nitrogens is 2. The maximum absolute atomic E-state index is 15.0. The zero-order valence-corrected chi connectivity index (χ0v) is 21.1. The number of nitrogens with one attached hydrogen (secondary N) is 3. The van der Waals surface area contributed by atoms with Gasteiger partial charge in [-0.1, -0.05) is 18.2 Å². The molecular weight excluding hydrogens is 520 g/mol. The highest BCUT2D eigenvalue weighted by Gasteiger charge is 2.49. The molecule has 2 aromatic heterocycles. The number of benzene rings is 2. The molecule has 1 aliphatic carbocycles. The molecule has 2 heterocycles. The minimum absolute atomic E-state index is 0.0102. The van der Waals surface area contributed by atoms with E-state index < -0.39 is 27.4 Å².